The van der Waals surface area contributed by atoms with Crippen molar-refractivity contribution in [2.75, 3.05) is 5.73 Å². The topological polar surface area (TPSA) is 63.3 Å². The van der Waals surface area contributed by atoms with E-state index in [4.69, 9.17) is 10.8 Å². The van der Waals surface area contributed by atoms with Crippen molar-refractivity contribution < 1.29 is 9.90 Å². The Kier molecular flexibility index (Phi) is 2.95. The zero-order chi connectivity index (χ0) is 13.4. The minimum absolute atomic E-state index is 0.338. The third-order valence-electron chi connectivity index (χ3n) is 3.28. The molecule has 0 aromatic heterocycles. The average molecular weight is 271 g/mol. The molecule has 0 bridgehead atoms. The van der Waals surface area contributed by atoms with Gasteiger partial charge in [0, 0.05) is 15.5 Å². The zero-order valence-corrected chi connectivity index (χ0v) is 11.0. The maximum absolute atomic E-state index is 11.0. The highest BCUT2D eigenvalue weighted by Gasteiger charge is 2.16. The Hall–Kier alpha value is -1.94. The summed E-state index contributed by atoms with van der Waals surface area (Å²) in [6.45, 7) is 0. The van der Waals surface area contributed by atoms with E-state index in [-0.39, 0.29) is 0 Å². The van der Waals surface area contributed by atoms with Crippen LogP contribution in [0.25, 0.3) is 0 Å². The summed E-state index contributed by atoms with van der Waals surface area (Å²) < 4.78 is 0. The van der Waals surface area contributed by atoms with Crippen molar-refractivity contribution in [3.63, 3.8) is 0 Å². The van der Waals surface area contributed by atoms with E-state index in [0.29, 0.717) is 5.56 Å². The van der Waals surface area contributed by atoms with Crippen LogP contribution in [-0.2, 0) is 12.8 Å². The number of aryl methyl sites for hydroxylation is 2. The van der Waals surface area contributed by atoms with Crippen molar-refractivity contribution in [2.24, 2.45) is 0 Å². The summed E-state index contributed by atoms with van der Waals surface area (Å²) in [5, 5.41) is 9.06. The molecule has 0 aliphatic carbocycles. The first-order valence-electron chi connectivity index (χ1n) is 6.06. The number of carbonyl (C=O) groups is 1. The lowest BCUT2D eigenvalue weighted by Gasteiger charge is -2.07. The van der Waals surface area contributed by atoms with Crippen molar-refractivity contribution >= 4 is 23.4 Å². The van der Waals surface area contributed by atoms with Crippen LogP contribution in [0.2, 0.25) is 0 Å². The Bertz CT molecular complexity index is 667. The molecule has 2 aromatic rings. The van der Waals surface area contributed by atoms with Gasteiger partial charge in [0.2, 0.25) is 0 Å². The number of hydrogen-bond acceptors (Lipinski definition) is 3. The first-order valence-corrected chi connectivity index (χ1v) is 6.87. The molecule has 19 heavy (non-hydrogen) atoms. The monoisotopic (exact) mass is 271 g/mol. The Morgan fingerprint density at radius 3 is 2.63 bits per heavy atom. The van der Waals surface area contributed by atoms with E-state index in [9.17, 15) is 4.79 Å². The van der Waals surface area contributed by atoms with Gasteiger partial charge in [0.25, 0.3) is 0 Å². The van der Waals surface area contributed by atoms with Gasteiger partial charge >= 0.3 is 5.97 Å². The third kappa shape index (κ3) is 2.31. The number of nitrogen functional groups attached to an aromatic ring is 1. The quantitative estimate of drug-likeness (QED) is 0.782. The lowest BCUT2D eigenvalue weighted by molar-refractivity contribution is 0.0696. The molecule has 0 saturated heterocycles. The first-order chi connectivity index (χ1) is 9.13. The zero-order valence-electron chi connectivity index (χ0n) is 10.2. The third-order valence-corrected chi connectivity index (χ3v) is 4.50. The SMILES string of the molecule is Nc1ccc2c(c1)CCc1ccc(C(=O)O)cc1S2. The minimum Gasteiger partial charge on any atom is -0.478 e. The summed E-state index contributed by atoms with van der Waals surface area (Å²) in [7, 11) is 0. The van der Waals surface area contributed by atoms with E-state index in [1.165, 1.54) is 11.1 Å². The van der Waals surface area contributed by atoms with Crippen molar-refractivity contribution in [1.82, 2.24) is 0 Å². The molecular weight excluding hydrogens is 258 g/mol. The summed E-state index contributed by atoms with van der Waals surface area (Å²) in [6.07, 6.45) is 1.85. The molecule has 1 aliphatic rings. The molecule has 0 atom stereocenters. The number of fused-ring (bicyclic) bond motifs is 2. The van der Waals surface area contributed by atoms with Crippen LogP contribution in [0.15, 0.2) is 46.2 Å². The lowest BCUT2D eigenvalue weighted by atomic mass is 10.0. The molecule has 0 saturated carbocycles. The number of anilines is 1. The highest BCUT2D eigenvalue weighted by Crippen LogP contribution is 2.38. The van der Waals surface area contributed by atoms with Crippen molar-refractivity contribution in [1.29, 1.82) is 0 Å². The molecule has 4 heteroatoms. The molecule has 0 amide bonds. The normalized spacial score (nSPS) is 13.3. The van der Waals surface area contributed by atoms with Gasteiger partial charge in [-0.2, -0.15) is 0 Å². The average Bonchev–Trinajstić information content (AvgIpc) is 2.56. The maximum atomic E-state index is 11.0. The van der Waals surface area contributed by atoms with Crippen LogP contribution in [0.1, 0.15) is 21.5 Å². The van der Waals surface area contributed by atoms with E-state index in [1.807, 2.05) is 24.3 Å². The van der Waals surface area contributed by atoms with Crippen LogP contribution in [0.3, 0.4) is 0 Å². The smallest absolute Gasteiger partial charge is 0.335 e. The number of rotatable bonds is 1. The number of nitrogens with two attached hydrogens (primary N) is 1. The Labute approximate surface area is 115 Å². The number of carboxylic acids is 1. The molecule has 96 valence electrons. The molecule has 0 spiro atoms. The van der Waals surface area contributed by atoms with Crippen molar-refractivity contribution in [3.05, 3.63) is 53.1 Å². The number of aromatic carboxylic acids is 1. The van der Waals surface area contributed by atoms with Gasteiger partial charge in [-0.25, -0.2) is 4.79 Å². The summed E-state index contributed by atoms with van der Waals surface area (Å²) in [5.74, 6) is -0.884. The number of benzene rings is 2. The molecule has 3 nitrogen and oxygen atoms in total. The summed E-state index contributed by atoms with van der Waals surface area (Å²) >= 11 is 1.62. The van der Waals surface area contributed by atoms with Gasteiger partial charge in [-0.1, -0.05) is 17.8 Å². The second kappa shape index (κ2) is 4.63. The Balaban J connectivity index is 2.06. The van der Waals surface area contributed by atoms with Gasteiger partial charge in [0.15, 0.2) is 0 Å². The Morgan fingerprint density at radius 1 is 1.05 bits per heavy atom. The van der Waals surface area contributed by atoms with Crippen LogP contribution >= 0.6 is 11.8 Å². The van der Waals surface area contributed by atoms with Crippen molar-refractivity contribution in [2.45, 2.75) is 22.6 Å². The molecule has 3 rings (SSSR count). The fraction of sp³-hybridized carbons (Fsp3) is 0.133. The molecule has 0 radical (unpaired) electrons. The number of hydrogen-bond donors (Lipinski definition) is 2. The van der Waals surface area contributed by atoms with Gasteiger partial charge in [0.1, 0.15) is 0 Å². The van der Waals surface area contributed by atoms with Crippen LogP contribution in [0.5, 0.6) is 0 Å². The van der Waals surface area contributed by atoms with Gasteiger partial charge in [-0.05, 0) is 54.3 Å². The van der Waals surface area contributed by atoms with E-state index in [2.05, 4.69) is 0 Å². The predicted molar refractivity (Wildman–Crippen MR) is 75.8 cm³/mol. The van der Waals surface area contributed by atoms with Crippen LogP contribution in [0, 0.1) is 0 Å². The molecule has 1 aliphatic heterocycles. The molecular formula is C15H13NO2S. The lowest BCUT2D eigenvalue weighted by Crippen LogP contribution is -1.98. The molecule has 1 heterocycles. The Morgan fingerprint density at radius 2 is 1.84 bits per heavy atom. The van der Waals surface area contributed by atoms with Crippen molar-refractivity contribution in [3.8, 4) is 0 Å². The summed E-state index contributed by atoms with van der Waals surface area (Å²) in [5.41, 5.74) is 9.36. The second-order valence-corrected chi connectivity index (χ2v) is 5.68. The summed E-state index contributed by atoms with van der Waals surface area (Å²) in [6, 6.07) is 11.3. The van der Waals surface area contributed by atoms with Gasteiger partial charge in [-0.3, -0.25) is 0 Å². The van der Waals surface area contributed by atoms with Crippen LogP contribution in [-0.4, -0.2) is 11.1 Å². The molecule has 3 N–H and O–H groups in total. The second-order valence-electron chi connectivity index (χ2n) is 4.60. The molecule has 0 fully saturated rings. The molecule has 2 aromatic carbocycles. The summed E-state index contributed by atoms with van der Waals surface area (Å²) in [4.78, 5) is 13.2. The van der Waals surface area contributed by atoms with Gasteiger partial charge in [0.05, 0.1) is 5.56 Å². The van der Waals surface area contributed by atoms with E-state index >= 15 is 0 Å². The van der Waals surface area contributed by atoms with Gasteiger partial charge in [-0.15, -0.1) is 0 Å². The standard InChI is InChI=1S/C15H13NO2S/c16-12-5-6-13-10(7-12)3-1-9-2-4-11(15(17)18)8-14(9)19-13/h2,4-8H,1,3,16H2,(H,17,18). The molecule has 0 unspecified atom stereocenters. The van der Waals surface area contributed by atoms with Crippen LogP contribution < -0.4 is 5.73 Å². The highest BCUT2D eigenvalue weighted by molar-refractivity contribution is 7.99. The predicted octanol–water partition coefficient (Wildman–Crippen LogP) is 3.22. The highest BCUT2D eigenvalue weighted by atomic mass is 32.2. The van der Waals surface area contributed by atoms with E-state index in [1.54, 1.807) is 23.9 Å². The largest absolute Gasteiger partial charge is 0.478 e. The first kappa shape index (κ1) is 12.1. The maximum Gasteiger partial charge on any atom is 0.335 e. The van der Waals surface area contributed by atoms with Crippen LogP contribution in [0.4, 0.5) is 5.69 Å². The van der Waals surface area contributed by atoms with E-state index < -0.39 is 5.97 Å². The number of carboxylic acid groups (broad SMARTS) is 1. The van der Waals surface area contributed by atoms with E-state index in [0.717, 1.165) is 28.3 Å². The fourth-order valence-corrected chi connectivity index (χ4v) is 3.42. The minimum atomic E-state index is -0.884. The fourth-order valence-electron chi connectivity index (χ4n) is 2.27. The van der Waals surface area contributed by atoms with Gasteiger partial charge < -0.3 is 10.8 Å².